The first-order chi connectivity index (χ1) is 11.3. The number of hydrogen-bond donors (Lipinski definition) is 0. The number of hydrogen-bond acceptors (Lipinski definition) is 1. The Bertz CT molecular complexity index is 592. The summed E-state index contributed by atoms with van der Waals surface area (Å²) in [4.78, 5) is 0. The van der Waals surface area contributed by atoms with E-state index in [0.717, 1.165) is 25.7 Å². The molecule has 2 aromatic carbocycles. The van der Waals surface area contributed by atoms with Crippen LogP contribution in [0.25, 0.3) is 11.1 Å². The molecule has 0 radical (unpaired) electrons. The van der Waals surface area contributed by atoms with Gasteiger partial charge in [0.25, 0.3) is 0 Å². The Labute approximate surface area is 141 Å². The molecule has 0 N–H and O–H groups in total. The fraction of sp³-hybridized carbons (Fsp3) is 0.409. The highest BCUT2D eigenvalue weighted by Crippen LogP contribution is 2.21. The minimum atomic E-state index is 0.241. The van der Waals surface area contributed by atoms with Gasteiger partial charge < -0.3 is 0 Å². The molecular weight excluding hydrogens is 278 g/mol. The summed E-state index contributed by atoms with van der Waals surface area (Å²) in [6.07, 6.45) is 7.94. The summed E-state index contributed by atoms with van der Waals surface area (Å²) >= 11 is 0. The van der Waals surface area contributed by atoms with E-state index in [2.05, 4.69) is 61.5 Å². The van der Waals surface area contributed by atoms with Crippen LogP contribution >= 0.6 is 0 Å². The van der Waals surface area contributed by atoms with Crippen molar-refractivity contribution in [1.82, 2.24) is 0 Å². The SMILES string of the molecule is CCCCCC(C#N)CCCc1ccc(-c2ccccc2)cc1. The van der Waals surface area contributed by atoms with Crippen LogP contribution in [-0.4, -0.2) is 0 Å². The fourth-order valence-electron chi connectivity index (χ4n) is 2.96. The van der Waals surface area contributed by atoms with E-state index >= 15 is 0 Å². The number of aryl methyl sites for hydroxylation is 1. The number of nitriles is 1. The summed E-state index contributed by atoms with van der Waals surface area (Å²) in [5.74, 6) is 0.241. The minimum Gasteiger partial charge on any atom is -0.198 e. The predicted octanol–water partition coefficient (Wildman–Crippen LogP) is 6.40. The van der Waals surface area contributed by atoms with E-state index in [1.807, 2.05) is 6.07 Å². The van der Waals surface area contributed by atoms with Crippen molar-refractivity contribution < 1.29 is 0 Å². The first kappa shape index (κ1) is 17.3. The van der Waals surface area contributed by atoms with Crippen LogP contribution in [0.3, 0.4) is 0 Å². The van der Waals surface area contributed by atoms with Gasteiger partial charge in [0.2, 0.25) is 0 Å². The second kappa shape index (κ2) is 9.85. The zero-order chi connectivity index (χ0) is 16.3. The Hall–Kier alpha value is -2.07. The van der Waals surface area contributed by atoms with Gasteiger partial charge in [-0.15, -0.1) is 0 Å². The second-order valence-corrected chi connectivity index (χ2v) is 6.28. The van der Waals surface area contributed by atoms with Crippen molar-refractivity contribution in [2.24, 2.45) is 5.92 Å². The van der Waals surface area contributed by atoms with Gasteiger partial charge in [-0.1, -0.05) is 80.8 Å². The molecule has 0 aliphatic rings. The third kappa shape index (κ3) is 5.91. The van der Waals surface area contributed by atoms with Crippen LogP contribution < -0.4 is 0 Å². The van der Waals surface area contributed by atoms with Gasteiger partial charge >= 0.3 is 0 Å². The lowest BCUT2D eigenvalue weighted by atomic mass is 9.95. The summed E-state index contributed by atoms with van der Waals surface area (Å²) in [5, 5.41) is 9.24. The summed E-state index contributed by atoms with van der Waals surface area (Å²) < 4.78 is 0. The highest BCUT2D eigenvalue weighted by Gasteiger charge is 2.07. The van der Waals surface area contributed by atoms with Gasteiger partial charge in [-0.2, -0.15) is 5.26 Å². The summed E-state index contributed by atoms with van der Waals surface area (Å²) in [5.41, 5.74) is 3.90. The van der Waals surface area contributed by atoms with E-state index < -0.39 is 0 Å². The van der Waals surface area contributed by atoms with E-state index in [0.29, 0.717) is 0 Å². The fourth-order valence-corrected chi connectivity index (χ4v) is 2.96. The molecule has 0 spiro atoms. The minimum absolute atomic E-state index is 0.241. The highest BCUT2D eigenvalue weighted by molar-refractivity contribution is 5.63. The van der Waals surface area contributed by atoms with Gasteiger partial charge in [-0.25, -0.2) is 0 Å². The Morgan fingerprint density at radius 2 is 1.48 bits per heavy atom. The maximum Gasteiger partial charge on any atom is 0.0655 e. The highest BCUT2D eigenvalue weighted by atomic mass is 14.3. The lowest BCUT2D eigenvalue weighted by Gasteiger charge is -2.09. The molecule has 0 aliphatic carbocycles. The van der Waals surface area contributed by atoms with Gasteiger partial charge in [0, 0.05) is 5.92 Å². The van der Waals surface area contributed by atoms with Gasteiger partial charge in [0.1, 0.15) is 0 Å². The van der Waals surface area contributed by atoms with Gasteiger partial charge in [-0.3, -0.25) is 0 Å². The van der Waals surface area contributed by atoms with Crippen molar-refractivity contribution in [3.8, 4) is 17.2 Å². The predicted molar refractivity (Wildman–Crippen MR) is 98.1 cm³/mol. The van der Waals surface area contributed by atoms with E-state index in [4.69, 9.17) is 0 Å². The lowest BCUT2D eigenvalue weighted by Crippen LogP contribution is -1.98. The lowest BCUT2D eigenvalue weighted by molar-refractivity contribution is 0.501. The van der Waals surface area contributed by atoms with Gasteiger partial charge in [-0.05, 0) is 42.4 Å². The van der Waals surface area contributed by atoms with Gasteiger partial charge in [0.15, 0.2) is 0 Å². The van der Waals surface area contributed by atoms with E-state index in [-0.39, 0.29) is 5.92 Å². The largest absolute Gasteiger partial charge is 0.198 e. The molecule has 0 fully saturated rings. The third-order valence-corrected chi connectivity index (χ3v) is 4.42. The van der Waals surface area contributed by atoms with Crippen molar-refractivity contribution in [3.63, 3.8) is 0 Å². The number of rotatable bonds is 9. The molecule has 0 amide bonds. The summed E-state index contributed by atoms with van der Waals surface area (Å²) in [6, 6.07) is 21.8. The molecule has 0 aliphatic heterocycles. The van der Waals surface area contributed by atoms with Crippen molar-refractivity contribution in [2.75, 3.05) is 0 Å². The molecule has 1 atom stereocenters. The number of nitrogens with zero attached hydrogens (tertiary/aromatic N) is 1. The van der Waals surface area contributed by atoms with Crippen molar-refractivity contribution >= 4 is 0 Å². The van der Waals surface area contributed by atoms with E-state index in [9.17, 15) is 5.26 Å². The van der Waals surface area contributed by atoms with Gasteiger partial charge in [0.05, 0.1) is 6.07 Å². The third-order valence-electron chi connectivity index (χ3n) is 4.42. The maximum atomic E-state index is 9.24. The van der Waals surface area contributed by atoms with Crippen LogP contribution in [0.5, 0.6) is 0 Å². The maximum absolute atomic E-state index is 9.24. The molecule has 120 valence electrons. The average molecular weight is 305 g/mol. The molecule has 2 aromatic rings. The normalized spacial score (nSPS) is 11.8. The molecule has 1 unspecified atom stereocenters. The molecule has 0 saturated heterocycles. The molecule has 1 heteroatoms. The van der Waals surface area contributed by atoms with Crippen LogP contribution in [0.4, 0.5) is 0 Å². The molecule has 1 nitrogen and oxygen atoms in total. The topological polar surface area (TPSA) is 23.8 Å². The Morgan fingerprint density at radius 1 is 0.826 bits per heavy atom. The Balaban J connectivity index is 1.79. The van der Waals surface area contributed by atoms with Crippen LogP contribution in [0, 0.1) is 17.2 Å². The van der Waals surface area contributed by atoms with Crippen LogP contribution in [-0.2, 0) is 6.42 Å². The van der Waals surface area contributed by atoms with Crippen LogP contribution in [0.1, 0.15) is 51.0 Å². The monoisotopic (exact) mass is 305 g/mol. The molecule has 0 saturated carbocycles. The standard InChI is InChI=1S/C22H27N/c1-2-3-5-9-20(18-23)11-8-10-19-14-16-22(17-15-19)21-12-6-4-7-13-21/h4,6-7,12-17,20H,2-3,5,8-11H2,1H3. The molecule has 2 rings (SSSR count). The van der Waals surface area contributed by atoms with Crippen LogP contribution in [0.15, 0.2) is 54.6 Å². The number of benzene rings is 2. The van der Waals surface area contributed by atoms with E-state index in [1.54, 1.807) is 0 Å². The molecule has 23 heavy (non-hydrogen) atoms. The average Bonchev–Trinajstić information content (AvgIpc) is 2.62. The molecule has 0 heterocycles. The molecular formula is C22H27N. The van der Waals surface area contributed by atoms with Crippen molar-refractivity contribution in [2.45, 2.75) is 51.9 Å². The van der Waals surface area contributed by atoms with Crippen LogP contribution in [0.2, 0.25) is 0 Å². The quantitative estimate of drug-likeness (QED) is 0.492. The Kier molecular flexibility index (Phi) is 7.40. The summed E-state index contributed by atoms with van der Waals surface area (Å²) in [6.45, 7) is 2.21. The van der Waals surface area contributed by atoms with Crippen molar-refractivity contribution in [3.05, 3.63) is 60.2 Å². The smallest absolute Gasteiger partial charge is 0.0655 e. The zero-order valence-corrected chi connectivity index (χ0v) is 14.2. The summed E-state index contributed by atoms with van der Waals surface area (Å²) in [7, 11) is 0. The Morgan fingerprint density at radius 3 is 2.13 bits per heavy atom. The number of unbranched alkanes of at least 4 members (excludes halogenated alkanes) is 2. The van der Waals surface area contributed by atoms with E-state index in [1.165, 1.54) is 36.0 Å². The second-order valence-electron chi connectivity index (χ2n) is 6.28. The van der Waals surface area contributed by atoms with Crippen molar-refractivity contribution in [1.29, 1.82) is 5.26 Å². The zero-order valence-electron chi connectivity index (χ0n) is 14.2. The first-order valence-electron chi connectivity index (χ1n) is 8.87. The molecule has 0 aromatic heterocycles. The first-order valence-corrected chi connectivity index (χ1v) is 8.87. The molecule has 0 bridgehead atoms.